The molecule has 0 aliphatic heterocycles. The Bertz CT molecular complexity index is 363. The summed E-state index contributed by atoms with van der Waals surface area (Å²) in [6, 6.07) is 0. The van der Waals surface area contributed by atoms with Crippen molar-refractivity contribution < 1.29 is 19.0 Å². The van der Waals surface area contributed by atoms with E-state index in [0.29, 0.717) is 32.7 Å². The predicted molar refractivity (Wildman–Crippen MR) is 116 cm³/mol. The molecule has 0 unspecified atom stereocenters. The summed E-state index contributed by atoms with van der Waals surface area (Å²) in [6.45, 7) is 5.95. The van der Waals surface area contributed by atoms with Crippen molar-refractivity contribution in [1.29, 1.82) is 0 Å². The molecule has 0 aliphatic carbocycles. The SMILES string of the molecule is CC/C=C\CCOC(CCC(=O)OCCCCCCBr)OCC/C=C\CC. The second-order valence-corrected chi connectivity index (χ2v) is 7.16. The number of rotatable bonds is 19. The van der Waals surface area contributed by atoms with Crippen molar-refractivity contribution in [2.45, 2.75) is 84.3 Å². The summed E-state index contributed by atoms with van der Waals surface area (Å²) in [5, 5.41) is 1.04. The average Bonchev–Trinajstić information content (AvgIpc) is 2.67. The van der Waals surface area contributed by atoms with Crippen LogP contribution in [0.1, 0.15) is 78.1 Å². The lowest BCUT2D eigenvalue weighted by Gasteiger charge is -2.18. The molecule has 0 heterocycles. The van der Waals surface area contributed by atoms with Crippen molar-refractivity contribution in [2.75, 3.05) is 25.2 Å². The normalized spacial score (nSPS) is 11.9. The van der Waals surface area contributed by atoms with Crippen LogP contribution in [0.3, 0.4) is 0 Å². The van der Waals surface area contributed by atoms with E-state index in [-0.39, 0.29) is 12.3 Å². The second-order valence-electron chi connectivity index (χ2n) is 6.37. The zero-order chi connectivity index (χ0) is 20.0. The van der Waals surface area contributed by atoms with E-state index in [1.807, 2.05) is 0 Å². The van der Waals surface area contributed by atoms with E-state index < -0.39 is 0 Å². The summed E-state index contributed by atoms with van der Waals surface area (Å²) in [5.74, 6) is -0.163. The number of hydrogen-bond donors (Lipinski definition) is 0. The smallest absolute Gasteiger partial charge is 0.305 e. The third kappa shape index (κ3) is 19.9. The van der Waals surface area contributed by atoms with Gasteiger partial charge < -0.3 is 14.2 Å². The number of hydrogen-bond acceptors (Lipinski definition) is 4. The molecular weight excluding hydrogens is 408 g/mol. The number of esters is 1. The van der Waals surface area contributed by atoms with Crippen molar-refractivity contribution in [3.8, 4) is 0 Å². The molecule has 0 aliphatic rings. The van der Waals surface area contributed by atoms with E-state index in [1.54, 1.807) is 0 Å². The van der Waals surface area contributed by atoms with Crippen LogP contribution in [-0.2, 0) is 19.0 Å². The lowest BCUT2D eigenvalue weighted by molar-refractivity contribution is -0.158. The Balaban J connectivity index is 4.01. The lowest BCUT2D eigenvalue weighted by atomic mass is 10.2. The van der Waals surface area contributed by atoms with Gasteiger partial charge in [-0.2, -0.15) is 0 Å². The topological polar surface area (TPSA) is 44.8 Å². The van der Waals surface area contributed by atoms with Crippen LogP contribution in [-0.4, -0.2) is 37.4 Å². The van der Waals surface area contributed by atoms with E-state index in [2.05, 4.69) is 54.1 Å². The minimum Gasteiger partial charge on any atom is -0.466 e. The number of halogens is 1. The summed E-state index contributed by atoms with van der Waals surface area (Å²) in [5.41, 5.74) is 0. The first-order valence-electron chi connectivity index (χ1n) is 10.5. The van der Waals surface area contributed by atoms with Gasteiger partial charge in [-0.3, -0.25) is 4.79 Å². The minimum absolute atomic E-state index is 0.163. The number of ether oxygens (including phenoxy) is 3. The lowest BCUT2D eigenvalue weighted by Crippen LogP contribution is -2.20. The first-order valence-corrected chi connectivity index (χ1v) is 11.6. The molecule has 0 atom stereocenters. The number of carbonyl (C=O) groups excluding carboxylic acids is 1. The molecule has 0 aromatic rings. The summed E-state index contributed by atoms with van der Waals surface area (Å²) in [7, 11) is 0. The predicted octanol–water partition coefficient (Wildman–Crippen LogP) is 6.34. The minimum atomic E-state index is -0.346. The zero-order valence-electron chi connectivity index (χ0n) is 17.3. The number of alkyl halides is 1. The largest absolute Gasteiger partial charge is 0.466 e. The van der Waals surface area contributed by atoms with Crippen molar-refractivity contribution in [3.05, 3.63) is 24.3 Å². The van der Waals surface area contributed by atoms with Gasteiger partial charge in [-0.15, -0.1) is 0 Å². The molecule has 5 heteroatoms. The highest BCUT2D eigenvalue weighted by molar-refractivity contribution is 9.09. The number of carbonyl (C=O) groups is 1. The van der Waals surface area contributed by atoms with Gasteiger partial charge in [-0.05, 0) is 38.5 Å². The van der Waals surface area contributed by atoms with Crippen LogP contribution in [0.2, 0.25) is 0 Å². The molecule has 0 bridgehead atoms. The average molecular weight is 447 g/mol. The van der Waals surface area contributed by atoms with Gasteiger partial charge in [-0.25, -0.2) is 0 Å². The second kappa shape index (κ2) is 21.6. The number of unbranched alkanes of at least 4 members (excludes halogenated alkanes) is 3. The fourth-order valence-electron chi connectivity index (χ4n) is 2.36. The van der Waals surface area contributed by atoms with Crippen LogP contribution >= 0.6 is 15.9 Å². The Kier molecular flexibility index (Phi) is 21.1. The maximum atomic E-state index is 11.9. The maximum absolute atomic E-state index is 11.9. The van der Waals surface area contributed by atoms with Gasteiger partial charge in [0.15, 0.2) is 6.29 Å². The van der Waals surface area contributed by atoms with Gasteiger partial charge in [0.2, 0.25) is 0 Å². The van der Waals surface area contributed by atoms with Gasteiger partial charge in [0.05, 0.1) is 26.2 Å². The highest BCUT2D eigenvalue weighted by Gasteiger charge is 2.13. The van der Waals surface area contributed by atoms with Crippen molar-refractivity contribution in [1.82, 2.24) is 0 Å². The summed E-state index contributed by atoms with van der Waals surface area (Å²) >= 11 is 3.42. The third-order valence-electron chi connectivity index (χ3n) is 3.86. The summed E-state index contributed by atoms with van der Waals surface area (Å²) in [6.07, 6.45) is 17.2. The highest BCUT2D eigenvalue weighted by Crippen LogP contribution is 2.09. The van der Waals surface area contributed by atoms with E-state index in [1.165, 1.54) is 12.8 Å². The van der Waals surface area contributed by atoms with Crippen molar-refractivity contribution >= 4 is 21.9 Å². The van der Waals surface area contributed by atoms with Gasteiger partial charge in [0, 0.05) is 11.8 Å². The monoisotopic (exact) mass is 446 g/mol. The van der Waals surface area contributed by atoms with Crippen molar-refractivity contribution in [3.63, 3.8) is 0 Å². The molecular formula is C22H39BrO4. The zero-order valence-corrected chi connectivity index (χ0v) is 18.9. The molecule has 158 valence electrons. The summed E-state index contributed by atoms with van der Waals surface area (Å²) in [4.78, 5) is 11.9. The molecule has 0 aromatic heterocycles. The van der Waals surface area contributed by atoms with Crippen molar-refractivity contribution in [2.24, 2.45) is 0 Å². The molecule has 0 rings (SSSR count). The summed E-state index contributed by atoms with van der Waals surface area (Å²) < 4.78 is 16.9. The van der Waals surface area contributed by atoms with E-state index in [9.17, 15) is 4.79 Å². The Labute approximate surface area is 174 Å². The molecule has 0 saturated heterocycles. The Morgan fingerprint density at radius 2 is 1.44 bits per heavy atom. The van der Waals surface area contributed by atoms with E-state index in [0.717, 1.165) is 43.9 Å². The molecule has 0 spiro atoms. The van der Waals surface area contributed by atoms with Crippen LogP contribution in [0, 0.1) is 0 Å². The Hall–Kier alpha value is -0.650. The van der Waals surface area contributed by atoms with Crippen LogP contribution < -0.4 is 0 Å². The van der Waals surface area contributed by atoms with Gasteiger partial charge in [-0.1, -0.05) is 66.9 Å². The van der Waals surface area contributed by atoms with Crippen LogP contribution in [0.15, 0.2) is 24.3 Å². The van der Waals surface area contributed by atoms with E-state index >= 15 is 0 Å². The van der Waals surface area contributed by atoms with Gasteiger partial charge in [0.25, 0.3) is 0 Å². The molecule has 0 aromatic carbocycles. The van der Waals surface area contributed by atoms with Crippen LogP contribution in [0.4, 0.5) is 0 Å². The molecule has 0 fully saturated rings. The molecule has 0 radical (unpaired) electrons. The molecule has 0 saturated carbocycles. The Morgan fingerprint density at radius 1 is 0.852 bits per heavy atom. The molecule has 4 nitrogen and oxygen atoms in total. The third-order valence-corrected chi connectivity index (χ3v) is 4.42. The van der Waals surface area contributed by atoms with E-state index in [4.69, 9.17) is 14.2 Å². The standard InChI is InChI=1S/C22H39BrO4/c1-3-5-7-12-19-26-22(27-20-13-8-6-4-2)16-15-21(24)25-18-14-10-9-11-17-23/h5-8,22H,3-4,9-20H2,1-2H3/b7-5-,8-6-. The first kappa shape index (κ1) is 26.4. The van der Waals surface area contributed by atoms with Gasteiger partial charge >= 0.3 is 5.97 Å². The fourth-order valence-corrected chi connectivity index (χ4v) is 2.76. The quantitative estimate of drug-likeness (QED) is 0.0762. The maximum Gasteiger partial charge on any atom is 0.305 e. The van der Waals surface area contributed by atoms with Crippen LogP contribution in [0.25, 0.3) is 0 Å². The first-order chi connectivity index (χ1) is 13.2. The molecule has 0 N–H and O–H groups in total. The van der Waals surface area contributed by atoms with Gasteiger partial charge in [0.1, 0.15) is 0 Å². The highest BCUT2D eigenvalue weighted by atomic mass is 79.9. The number of allylic oxidation sites excluding steroid dienone is 2. The van der Waals surface area contributed by atoms with Crippen LogP contribution in [0.5, 0.6) is 0 Å². The Morgan fingerprint density at radius 3 is 2.00 bits per heavy atom. The molecule has 27 heavy (non-hydrogen) atoms. The fraction of sp³-hybridized carbons (Fsp3) is 0.773. The molecule has 0 amide bonds.